The topological polar surface area (TPSA) is 37.8 Å². The lowest BCUT2D eigenvalue weighted by Crippen LogP contribution is -1.98. The number of aryl methyl sites for hydroxylation is 2. The molecule has 3 aromatic rings. The van der Waals surface area contributed by atoms with Crippen LogP contribution in [-0.4, -0.2) is 17.0 Å². The summed E-state index contributed by atoms with van der Waals surface area (Å²) in [6.07, 6.45) is 0. The van der Waals surface area contributed by atoms with Gasteiger partial charge < -0.3 is 5.32 Å². The first-order valence-electron chi connectivity index (χ1n) is 6.42. The number of aromatic nitrogens is 2. The van der Waals surface area contributed by atoms with Crippen LogP contribution in [0.5, 0.6) is 0 Å². The Morgan fingerprint density at radius 2 is 2.00 bits per heavy atom. The van der Waals surface area contributed by atoms with Crippen molar-refractivity contribution in [3.63, 3.8) is 0 Å². The predicted molar refractivity (Wildman–Crippen MR) is 89.5 cm³/mol. The highest BCUT2D eigenvalue weighted by atomic mass is 79.9. The minimum atomic E-state index is -0.289. The van der Waals surface area contributed by atoms with Crippen molar-refractivity contribution in [2.45, 2.75) is 13.8 Å². The van der Waals surface area contributed by atoms with E-state index in [-0.39, 0.29) is 5.82 Å². The highest BCUT2D eigenvalue weighted by Crippen LogP contribution is 2.36. The molecule has 0 saturated heterocycles. The van der Waals surface area contributed by atoms with Crippen molar-refractivity contribution in [2.24, 2.45) is 0 Å². The van der Waals surface area contributed by atoms with E-state index in [0.717, 1.165) is 21.6 Å². The molecule has 0 saturated carbocycles. The van der Waals surface area contributed by atoms with Crippen molar-refractivity contribution >= 4 is 43.3 Å². The highest BCUT2D eigenvalue weighted by molar-refractivity contribution is 9.10. The largest absolute Gasteiger partial charge is 0.372 e. The van der Waals surface area contributed by atoms with Gasteiger partial charge >= 0.3 is 0 Å². The summed E-state index contributed by atoms with van der Waals surface area (Å²) in [4.78, 5) is 11.4. The Morgan fingerprint density at radius 3 is 2.67 bits per heavy atom. The van der Waals surface area contributed by atoms with E-state index in [9.17, 15) is 4.39 Å². The monoisotopic (exact) mass is 365 g/mol. The molecule has 1 aromatic carbocycles. The molecular formula is C15H13BrFN3S. The molecule has 2 heterocycles. The fourth-order valence-corrected chi connectivity index (χ4v) is 3.78. The second-order valence-corrected chi connectivity index (χ2v) is 6.79. The number of nitrogens with zero attached hydrogens (tertiary/aromatic N) is 2. The average Bonchev–Trinajstić information content (AvgIpc) is 2.73. The van der Waals surface area contributed by atoms with Crippen molar-refractivity contribution in [2.75, 3.05) is 12.4 Å². The molecule has 0 fully saturated rings. The minimum absolute atomic E-state index is 0.289. The molecule has 0 radical (unpaired) electrons. The number of halogens is 2. The SMILES string of the molecule is CNc1nc(-c2ccc(F)cc2Br)nc2sc(C)c(C)c12. The zero-order valence-electron chi connectivity index (χ0n) is 11.8. The molecular weight excluding hydrogens is 353 g/mol. The van der Waals surface area contributed by atoms with Gasteiger partial charge in [-0.2, -0.15) is 0 Å². The van der Waals surface area contributed by atoms with Crippen LogP contribution in [0.15, 0.2) is 22.7 Å². The third-order valence-corrected chi connectivity index (χ3v) is 5.19. The zero-order valence-corrected chi connectivity index (χ0v) is 14.2. The molecule has 0 bridgehead atoms. The average molecular weight is 366 g/mol. The molecule has 0 atom stereocenters. The van der Waals surface area contributed by atoms with E-state index in [0.29, 0.717) is 10.3 Å². The van der Waals surface area contributed by atoms with Crippen LogP contribution >= 0.6 is 27.3 Å². The first kappa shape index (κ1) is 14.4. The van der Waals surface area contributed by atoms with Gasteiger partial charge in [-0.1, -0.05) is 0 Å². The number of benzene rings is 1. The first-order valence-corrected chi connectivity index (χ1v) is 8.03. The lowest BCUT2D eigenvalue weighted by Gasteiger charge is -2.08. The smallest absolute Gasteiger partial charge is 0.164 e. The van der Waals surface area contributed by atoms with E-state index in [2.05, 4.69) is 45.1 Å². The van der Waals surface area contributed by atoms with Crippen molar-refractivity contribution in [3.05, 3.63) is 38.9 Å². The van der Waals surface area contributed by atoms with E-state index < -0.39 is 0 Å². The Morgan fingerprint density at radius 1 is 1.24 bits per heavy atom. The molecule has 0 aliphatic heterocycles. The molecule has 3 nitrogen and oxygen atoms in total. The van der Waals surface area contributed by atoms with Crippen LogP contribution in [0.3, 0.4) is 0 Å². The van der Waals surface area contributed by atoms with E-state index >= 15 is 0 Å². The Labute approximate surface area is 134 Å². The molecule has 0 aliphatic carbocycles. The quantitative estimate of drug-likeness (QED) is 0.700. The van der Waals surface area contributed by atoms with Crippen molar-refractivity contribution in [3.8, 4) is 11.4 Å². The number of rotatable bonds is 2. The molecule has 0 unspecified atom stereocenters. The van der Waals surface area contributed by atoms with Gasteiger partial charge in [-0.15, -0.1) is 11.3 Å². The van der Waals surface area contributed by atoms with Crippen molar-refractivity contribution in [1.82, 2.24) is 9.97 Å². The van der Waals surface area contributed by atoms with Gasteiger partial charge in [0.2, 0.25) is 0 Å². The normalized spacial score (nSPS) is 11.1. The Kier molecular flexibility index (Phi) is 3.67. The molecule has 108 valence electrons. The number of fused-ring (bicyclic) bond motifs is 1. The van der Waals surface area contributed by atoms with Gasteiger partial charge in [-0.05, 0) is 53.5 Å². The van der Waals surface area contributed by atoms with E-state index in [1.165, 1.54) is 22.6 Å². The van der Waals surface area contributed by atoms with Gasteiger partial charge in [0.15, 0.2) is 5.82 Å². The summed E-state index contributed by atoms with van der Waals surface area (Å²) in [6, 6.07) is 4.53. The van der Waals surface area contributed by atoms with Gasteiger partial charge in [0.25, 0.3) is 0 Å². The molecule has 0 aliphatic rings. The summed E-state index contributed by atoms with van der Waals surface area (Å²) in [5, 5.41) is 4.19. The van der Waals surface area contributed by atoms with Crippen LogP contribution in [-0.2, 0) is 0 Å². The van der Waals surface area contributed by atoms with Crippen LogP contribution in [0.4, 0.5) is 10.2 Å². The number of nitrogens with one attached hydrogen (secondary N) is 1. The number of hydrogen-bond acceptors (Lipinski definition) is 4. The third-order valence-electron chi connectivity index (χ3n) is 3.44. The summed E-state index contributed by atoms with van der Waals surface area (Å²) in [5.41, 5.74) is 1.97. The Bertz CT molecular complexity index is 845. The Hall–Kier alpha value is -1.53. The van der Waals surface area contributed by atoms with Crippen LogP contribution in [0.1, 0.15) is 10.4 Å². The lowest BCUT2D eigenvalue weighted by atomic mass is 10.2. The fourth-order valence-electron chi connectivity index (χ4n) is 2.22. The van der Waals surface area contributed by atoms with Gasteiger partial charge in [0.1, 0.15) is 16.5 Å². The van der Waals surface area contributed by atoms with Gasteiger partial charge in [-0.25, -0.2) is 14.4 Å². The maximum atomic E-state index is 13.2. The van der Waals surface area contributed by atoms with Crippen LogP contribution in [0.2, 0.25) is 0 Å². The molecule has 2 aromatic heterocycles. The zero-order chi connectivity index (χ0) is 15.1. The summed E-state index contributed by atoms with van der Waals surface area (Å²) in [6.45, 7) is 4.15. The minimum Gasteiger partial charge on any atom is -0.372 e. The molecule has 3 rings (SSSR count). The second kappa shape index (κ2) is 5.35. The molecule has 1 N–H and O–H groups in total. The fraction of sp³-hybridized carbons (Fsp3) is 0.200. The standard InChI is InChI=1S/C15H13BrFN3S/c1-7-8(2)21-15-12(7)14(18-3)19-13(20-15)10-5-4-9(17)6-11(10)16/h4-6H,1-3H3,(H,18,19,20). The first-order chi connectivity index (χ1) is 10.0. The van der Waals surface area contributed by atoms with Gasteiger partial charge in [-0.3, -0.25) is 0 Å². The number of anilines is 1. The molecule has 0 amide bonds. The van der Waals surface area contributed by atoms with Crippen LogP contribution < -0.4 is 5.32 Å². The summed E-state index contributed by atoms with van der Waals surface area (Å²) in [7, 11) is 1.84. The summed E-state index contributed by atoms with van der Waals surface area (Å²) >= 11 is 5.02. The maximum Gasteiger partial charge on any atom is 0.164 e. The molecule has 21 heavy (non-hydrogen) atoms. The Balaban J connectivity index is 2.29. The second-order valence-electron chi connectivity index (χ2n) is 4.73. The van der Waals surface area contributed by atoms with E-state index in [1.807, 2.05) is 7.05 Å². The molecule has 6 heteroatoms. The van der Waals surface area contributed by atoms with Gasteiger partial charge in [0.05, 0.1) is 5.39 Å². The number of thiophene rings is 1. The third kappa shape index (κ3) is 2.42. The van der Waals surface area contributed by atoms with E-state index in [4.69, 9.17) is 0 Å². The van der Waals surface area contributed by atoms with Gasteiger partial charge in [0, 0.05) is 22.0 Å². The maximum absolute atomic E-state index is 13.2. The van der Waals surface area contributed by atoms with Crippen molar-refractivity contribution < 1.29 is 4.39 Å². The van der Waals surface area contributed by atoms with Crippen LogP contribution in [0, 0.1) is 19.7 Å². The number of hydrogen-bond donors (Lipinski definition) is 1. The van der Waals surface area contributed by atoms with E-state index in [1.54, 1.807) is 17.4 Å². The summed E-state index contributed by atoms with van der Waals surface area (Å²) in [5.74, 6) is 1.09. The molecule has 0 spiro atoms. The van der Waals surface area contributed by atoms with Crippen LogP contribution in [0.25, 0.3) is 21.6 Å². The highest BCUT2D eigenvalue weighted by Gasteiger charge is 2.16. The lowest BCUT2D eigenvalue weighted by molar-refractivity contribution is 0.627. The predicted octanol–water partition coefficient (Wildman–Crippen LogP) is 4.92. The van der Waals surface area contributed by atoms with Crippen molar-refractivity contribution in [1.29, 1.82) is 0 Å². The summed E-state index contributed by atoms with van der Waals surface area (Å²) < 4.78 is 13.9.